The smallest absolute Gasteiger partial charge is 0.254 e. The zero-order valence-corrected chi connectivity index (χ0v) is 24.1. The predicted molar refractivity (Wildman–Crippen MR) is 149 cm³/mol. The molecule has 0 aliphatic heterocycles. The molecule has 10 heteroatoms. The number of nitrogens with zero attached hydrogens (tertiary/aromatic N) is 2. The summed E-state index contributed by atoms with van der Waals surface area (Å²) in [5.41, 5.74) is 3.69. The van der Waals surface area contributed by atoms with Crippen LogP contribution in [0.15, 0.2) is 41.8 Å². The number of benzene rings is 2. The first kappa shape index (κ1) is 29.3. The van der Waals surface area contributed by atoms with Gasteiger partial charge in [0.15, 0.2) is 15.6 Å². The largest absolute Gasteiger partial charge is 0.496 e. The van der Waals surface area contributed by atoms with Crippen LogP contribution >= 0.6 is 11.3 Å². The quantitative estimate of drug-likeness (QED) is 0.281. The lowest BCUT2D eigenvalue weighted by Crippen LogP contribution is -2.32. The number of hydrogen-bond acceptors (Lipinski definition) is 8. The zero-order chi connectivity index (χ0) is 27.9. The van der Waals surface area contributed by atoms with Crippen molar-refractivity contribution in [2.45, 2.75) is 40.2 Å². The van der Waals surface area contributed by atoms with Gasteiger partial charge in [0.05, 0.1) is 20.8 Å². The van der Waals surface area contributed by atoms with Gasteiger partial charge in [-0.15, -0.1) is 11.3 Å². The first-order valence-electron chi connectivity index (χ1n) is 12.3. The maximum absolute atomic E-state index is 13.7. The molecule has 2 aromatic carbocycles. The first-order valence-corrected chi connectivity index (χ1v) is 15.0. The van der Waals surface area contributed by atoms with Crippen molar-refractivity contribution in [1.29, 1.82) is 0 Å². The van der Waals surface area contributed by atoms with Gasteiger partial charge in [0, 0.05) is 28.8 Å². The summed E-state index contributed by atoms with van der Waals surface area (Å²) < 4.78 is 34.7. The zero-order valence-electron chi connectivity index (χ0n) is 22.4. The summed E-state index contributed by atoms with van der Waals surface area (Å²) in [7, 11) is -0.373. The molecule has 0 aliphatic rings. The van der Waals surface area contributed by atoms with Gasteiger partial charge in [0.2, 0.25) is 0 Å². The van der Waals surface area contributed by atoms with E-state index < -0.39 is 21.4 Å². The molecule has 1 amide bonds. The van der Waals surface area contributed by atoms with Gasteiger partial charge >= 0.3 is 0 Å². The molecule has 1 heterocycles. The van der Waals surface area contributed by atoms with Gasteiger partial charge in [-0.1, -0.05) is 36.8 Å². The normalized spacial score (nSPS) is 11.3. The van der Waals surface area contributed by atoms with Crippen molar-refractivity contribution in [3.05, 3.63) is 74.7 Å². The monoisotopic (exact) mass is 558 g/mol. The molecule has 0 fully saturated rings. The molecule has 8 nitrogen and oxygen atoms in total. The van der Waals surface area contributed by atoms with E-state index in [1.807, 2.05) is 26.0 Å². The number of sulfone groups is 1. The molecule has 0 saturated carbocycles. The Labute approximate surface area is 228 Å². The molecule has 1 aromatic heterocycles. The highest BCUT2D eigenvalue weighted by Gasteiger charge is 2.23. The van der Waals surface area contributed by atoms with Crippen molar-refractivity contribution >= 4 is 32.9 Å². The van der Waals surface area contributed by atoms with Crippen LogP contribution in [0.5, 0.6) is 11.5 Å². The molecule has 0 spiro atoms. The number of ketones is 1. The third-order valence-electron chi connectivity index (χ3n) is 6.22. The molecule has 0 unspecified atom stereocenters. The lowest BCUT2D eigenvalue weighted by molar-refractivity contribution is 0.0740. The number of thiazole rings is 1. The lowest BCUT2D eigenvalue weighted by Gasteiger charge is -2.23. The maximum atomic E-state index is 13.7. The average Bonchev–Trinajstić information content (AvgIpc) is 3.36. The van der Waals surface area contributed by atoms with E-state index in [-0.39, 0.29) is 23.9 Å². The van der Waals surface area contributed by atoms with Crippen molar-refractivity contribution < 1.29 is 27.5 Å². The van der Waals surface area contributed by atoms with E-state index in [1.54, 1.807) is 36.6 Å². The molecule has 204 valence electrons. The molecule has 0 atom stereocenters. The Bertz CT molecular complexity index is 1370. The molecule has 3 aromatic rings. The second-order valence-electron chi connectivity index (χ2n) is 9.05. The summed E-state index contributed by atoms with van der Waals surface area (Å²) in [6.07, 6.45) is 1.52. The van der Waals surface area contributed by atoms with E-state index in [0.717, 1.165) is 18.4 Å². The van der Waals surface area contributed by atoms with E-state index >= 15 is 0 Å². The highest BCUT2D eigenvalue weighted by atomic mass is 32.2. The van der Waals surface area contributed by atoms with E-state index in [9.17, 15) is 18.0 Å². The number of ether oxygens (including phenoxy) is 2. The summed E-state index contributed by atoms with van der Waals surface area (Å²) in [4.78, 5) is 32.2. The van der Waals surface area contributed by atoms with Crippen LogP contribution in [0.3, 0.4) is 0 Å². The van der Waals surface area contributed by atoms with Crippen LogP contribution in [0.2, 0.25) is 0 Å². The van der Waals surface area contributed by atoms with Crippen molar-refractivity contribution in [2.24, 2.45) is 0 Å². The maximum Gasteiger partial charge on any atom is 0.254 e. The Morgan fingerprint density at radius 3 is 2.34 bits per heavy atom. The van der Waals surface area contributed by atoms with Crippen LogP contribution in [0, 0.1) is 13.8 Å². The Kier molecular flexibility index (Phi) is 10.0. The Balaban J connectivity index is 1.85. The third-order valence-corrected chi connectivity index (χ3v) is 8.63. The summed E-state index contributed by atoms with van der Waals surface area (Å²) in [5.74, 6) is -0.350. The van der Waals surface area contributed by atoms with Crippen molar-refractivity contribution in [2.75, 3.05) is 32.3 Å². The minimum absolute atomic E-state index is 0.104. The number of rotatable bonds is 13. The molecular weight excluding hydrogens is 524 g/mol. The summed E-state index contributed by atoms with van der Waals surface area (Å²) >= 11 is 1.23. The van der Waals surface area contributed by atoms with Gasteiger partial charge in [0.1, 0.15) is 28.0 Å². The van der Waals surface area contributed by atoms with Crippen molar-refractivity contribution in [3.8, 4) is 11.5 Å². The van der Waals surface area contributed by atoms with Crippen LogP contribution in [0.4, 0.5) is 0 Å². The van der Waals surface area contributed by atoms with Gasteiger partial charge in [-0.05, 0) is 44.4 Å². The molecule has 0 saturated heterocycles. The van der Waals surface area contributed by atoms with E-state index in [0.29, 0.717) is 28.6 Å². The van der Waals surface area contributed by atoms with Gasteiger partial charge in [-0.25, -0.2) is 13.4 Å². The van der Waals surface area contributed by atoms with Crippen LogP contribution < -0.4 is 9.47 Å². The molecule has 0 radical (unpaired) electrons. The number of amides is 1. The topological polar surface area (TPSA) is 103 Å². The summed E-state index contributed by atoms with van der Waals surface area (Å²) in [5, 5.41) is 2.10. The van der Waals surface area contributed by atoms with Gasteiger partial charge in [-0.3, -0.25) is 9.59 Å². The third kappa shape index (κ3) is 7.64. The molecule has 3 rings (SSSR count). The van der Waals surface area contributed by atoms with E-state index in [4.69, 9.17) is 9.47 Å². The number of hydrogen-bond donors (Lipinski definition) is 0. The van der Waals surface area contributed by atoms with E-state index in [2.05, 4.69) is 17.1 Å². The van der Waals surface area contributed by atoms with Crippen molar-refractivity contribution in [3.63, 3.8) is 0 Å². The SMILES string of the molecule is CCS(=O)(=O)CC(=O)c1csc(CN(CCCc2cccc(C)c2)C(=O)c2cc(OC)c(C)c(OC)c2)n1. The molecule has 0 bridgehead atoms. The lowest BCUT2D eigenvalue weighted by atomic mass is 10.1. The van der Waals surface area contributed by atoms with Crippen LogP contribution in [-0.4, -0.2) is 62.3 Å². The number of carbonyl (C=O) groups is 2. The summed E-state index contributed by atoms with van der Waals surface area (Å²) in [6.45, 7) is 6.05. The number of Topliss-reactive ketones (excluding diaryl/α,β-unsaturated/α-hetero) is 1. The van der Waals surface area contributed by atoms with Crippen molar-refractivity contribution in [1.82, 2.24) is 9.88 Å². The predicted octanol–water partition coefficient (Wildman–Crippen LogP) is 4.67. The number of aromatic nitrogens is 1. The van der Waals surface area contributed by atoms with E-state index in [1.165, 1.54) is 29.4 Å². The first-order chi connectivity index (χ1) is 18.1. The molecule has 0 N–H and O–H groups in total. The number of aryl methyl sites for hydroxylation is 2. The van der Waals surface area contributed by atoms with Crippen LogP contribution in [-0.2, 0) is 22.8 Å². The highest BCUT2D eigenvalue weighted by molar-refractivity contribution is 7.92. The Hall–Kier alpha value is -3.24. The fourth-order valence-corrected chi connectivity index (χ4v) is 5.60. The fourth-order valence-electron chi connectivity index (χ4n) is 4.04. The van der Waals surface area contributed by atoms with Gasteiger partial charge < -0.3 is 14.4 Å². The minimum Gasteiger partial charge on any atom is -0.496 e. The van der Waals surface area contributed by atoms with Crippen LogP contribution in [0.1, 0.15) is 55.9 Å². The molecule has 38 heavy (non-hydrogen) atoms. The van der Waals surface area contributed by atoms with Gasteiger partial charge in [0.25, 0.3) is 5.91 Å². The molecule has 0 aliphatic carbocycles. The Morgan fingerprint density at radius 2 is 1.74 bits per heavy atom. The van der Waals surface area contributed by atoms with Gasteiger partial charge in [-0.2, -0.15) is 0 Å². The minimum atomic E-state index is -3.46. The number of carbonyl (C=O) groups excluding carboxylic acids is 2. The molecular formula is C28H34N2O6S2. The number of methoxy groups -OCH3 is 2. The highest BCUT2D eigenvalue weighted by Crippen LogP contribution is 2.30. The Morgan fingerprint density at radius 1 is 1.05 bits per heavy atom. The second-order valence-corrected chi connectivity index (χ2v) is 12.3. The summed E-state index contributed by atoms with van der Waals surface area (Å²) in [6, 6.07) is 11.7. The second kappa shape index (κ2) is 13.0. The standard InChI is InChI=1S/C28H34N2O6S2/c1-6-38(33,34)18-24(31)23-17-37-27(29-23)16-30(12-8-11-21-10-7-9-19(2)13-21)28(32)22-14-25(35-4)20(3)26(15-22)36-5/h7,9-10,13-15,17H,6,8,11-12,16,18H2,1-5H3. The van der Waals surface area contributed by atoms with Crippen LogP contribution in [0.25, 0.3) is 0 Å². The average molecular weight is 559 g/mol. The fraction of sp³-hybridized carbons (Fsp3) is 0.393.